The first kappa shape index (κ1) is 15.3. The van der Waals surface area contributed by atoms with Gasteiger partial charge in [0.1, 0.15) is 13.2 Å². The molecule has 0 radical (unpaired) electrons. The van der Waals surface area contributed by atoms with Gasteiger partial charge >= 0.3 is 0 Å². The summed E-state index contributed by atoms with van der Waals surface area (Å²) < 4.78 is 37.8. The second-order valence-corrected chi connectivity index (χ2v) is 7.99. The van der Waals surface area contributed by atoms with Crippen LogP contribution in [0.25, 0.3) is 0 Å². The maximum atomic E-state index is 12.8. The van der Waals surface area contributed by atoms with E-state index >= 15 is 0 Å². The van der Waals surface area contributed by atoms with Crippen LogP contribution >= 0.6 is 11.3 Å². The zero-order valence-corrected chi connectivity index (χ0v) is 14.0. The van der Waals surface area contributed by atoms with E-state index in [1.807, 2.05) is 24.4 Å². The van der Waals surface area contributed by atoms with E-state index in [2.05, 4.69) is 0 Å². The first-order chi connectivity index (χ1) is 10.5. The van der Waals surface area contributed by atoms with Crippen LogP contribution in [0.1, 0.15) is 17.8 Å². The van der Waals surface area contributed by atoms with Crippen molar-refractivity contribution in [3.63, 3.8) is 0 Å². The molecule has 3 rings (SSSR count). The molecule has 118 valence electrons. The van der Waals surface area contributed by atoms with Crippen molar-refractivity contribution in [1.29, 1.82) is 0 Å². The second kappa shape index (κ2) is 5.91. The topological polar surface area (TPSA) is 55.8 Å². The van der Waals surface area contributed by atoms with Gasteiger partial charge in [0.15, 0.2) is 11.5 Å². The molecule has 0 N–H and O–H groups in total. The van der Waals surface area contributed by atoms with Crippen LogP contribution in [0.2, 0.25) is 0 Å². The summed E-state index contributed by atoms with van der Waals surface area (Å²) in [6.07, 6.45) is 0. The Morgan fingerprint density at radius 2 is 1.91 bits per heavy atom. The molecule has 1 aromatic heterocycles. The zero-order chi connectivity index (χ0) is 15.7. The molecular formula is C15H17NO4S2. The summed E-state index contributed by atoms with van der Waals surface area (Å²) in [5.74, 6) is 1.06. The molecule has 1 atom stereocenters. The number of hydrogen-bond donors (Lipinski definition) is 0. The van der Waals surface area contributed by atoms with Crippen LogP contribution in [-0.4, -0.2) is 33.0 Å². The van der Waals surface area contributed by atoms with E-state index in [4.69, 9.17) is 9.47 Å². The van der Waals surface area contributed by atoms with Crippen LogP contribution in [-0.2, 0) is 10.0 Å². The summed E-state index contributed by atoms with van der Waals surface area (Å²) in [6, 6.07) is 8.36. The van der Waals surface area contributed by atoms with E-state index in [-0.39, 0.29) is 10.9 Å². The minimum atomic E-state index is -3.59. The fourth-order valence-corrected chi connectivity index (χ4v) is 4.52. The van der Waals surface area contributed by atoms with Crippen molar-refractivity contribution in [3.8, 4) is 11.5 Å². The van der Waals surface area contributed by atoms with Gasteiger partial charge in [0.25, 0.3) is 0 Å². The summed E-state index contributed by atoms with van der Waals surface area (Å²) in [4.78, 5) is 1.21. The van der Waals surface area contributed by atoms with Crippen molar-refractivity contribution < 1.29 is 17.9 Å². The summed E-state index contributed by atoms with van der Waals surface area (Å²) in [5, 5.41) is 1.94. The van der Waals surface area contributed by atoms with Gasteiger partial charge in [0, 0.05) is 18.0 Å². The fourth-order valence-electron chi connectivity index (χ4n) is 2.27. The standard InChI is InChI=1S/C15H17NO4S2/c1-11(15-4-3-9-21-15)16(2)22(17,18)12-5-6-13-14(10-12)20-8-7-19-13/h3-6,9-11H,7-8H2,1-2H3/t11-/m1/s1. The highest BCUT2D eigenvalue weighted by Gasteiger charge is 2.28. The zero-order valence-electron chi connectivity index (χ0n) is 12.4. The van der Waals surface area contributed by atoms with Crippen molar-refractivity contribution in [1.82, 2.24) is 4.31 Å². The Bertz CT molecular complexity index is 756. The largest absolute Gasteiger partial charge is 0.486 e. The van der Waals surface area contributed by atoms with Gasteiger partial charge in [-0.05, 0) is 30.5 Å². The molecule has 0 saturated carbocycles. The van der Waals surface area contributed by atoms with Crippen molar-refractivity contribution in [2.75, 3.05) is 20.3 Å². The van der Waals surface area contributed by atoms with E-state index in [9.17, 15) is 8.42 Å². The normalized spacial score (nSPS) is 15.8. The first-order valence-corrected chi connectivity index (χ1v) is 9.23. The van der Waals surface area contributed by atoms with E-state index in [0.29, 0.717) is 24.7 Å². The molecular weight excluding hydrogens is 322 g/mol. The molecule has 7 heteroatoms. The Labute approximate surface area is 134 Å². The van der Waals surface area contributed by atoms with Crippen molar-refractivity contribution in [2.24, 2.45) is 0 Å². The van der Waals surface area contributed by atoms with Gasteiger partial charge in [-0.25, -0.2) is 8.42 Å². The third-order valence-electron chi connectivity index (χ3n) is 3.69. The Hall–Kier alpha value is -1.57. The molecule has 0 spiro atoms. The van der Waals surface area contributed by atoms with Crippen molar-refractivity contribution in [3.05, 3.63) is 40.6 Å². The SMILES string of the molecule is C[C@H](c1cccs1)N(C)S(=O)(=O)c1ccc2c(c1)OCCO2. The van der Waals surface area contributed by atoms with Crippen LogP contribution < -0.4 is 9.47 Å². The first-order valence-electron chi connectivity index (χ1n) is 6.91. The van der Waals surface area contributed by atoms with E-state index < -0.39 is 10.0 Å². The molecule has 0 amide bonds. The predicted octanol–water partition coefficient (Wildman–Crippen LogP) is 2.90. The predicted molar refractivity (Wildman–Crippen MR) is 85.1 cm³/mol. The molecule has 1 aliphatic rings. The number of sulfonamides is 1. The lowest BCUT2D eigenvalue weighted by Crippen LogP contribution is -2.29. The molecule has 0 saturated heterocycles. The summed E-state index contributed by atoms with van der Waals surface area (Å²) in [5.41, 5.74) is 0. The van der Waals surface area contributed by atoms with Gasteiger partial charge in [0.05, 0.1) is 10.9 Å². The maximum Gasteiger partial charge on any atom is 0.243 e. The highest BCUT2D eigenvalue weighted by molar-refractivity contribution is 7.89. The van der Waals surface area contributed by atoms with Gasteiger partial charge in [-0.1, -0.05) is 6.07 Å². The minimum absolute atomic E-state index is 0.211. The number of nitrogens with zero attached hydrogens (tertiary/aromatic N) is 1. The number of hydrogen-bond acceptors (Lipinski definition) is 5. The average Bonchev–Trinajstić information content (AvgIpc) is 3.07. The fraction of sp³-hybridized carbons (Fsp3) is 0.333. The molecule has 0 unspecified atom stereocenters. The smallest absolute Gasteiger partial charge is 0.243 e. The molecule has 0 fully saturated rings. The Kier molecular flexibility index (Phi) is 4.12. The molecule has 2 aromatic rings. The molecule has 1 aliphatic heterocycles. The van der Waals surface area contributed by atoms with Gasteiger partial charge in [-0.2, -0.15) is 4.31 Å². The summed E-state index contributed by atoms with van der Waals surface area (Å²) in [6.45, 7) is 2.79. The lowest BCUT2D eigenvalue weighted by Gasteiger charge is -2.24. The van der Waals surface area contributed by atoms with E-state index in [0.717, 1.165) is 4.88 Å². The minimum Gasteiger partial charge on any atom is -0.486 e. The third kappa shape index (κ3) is 2.71. The number of fused-ring (bicyclic) bond motifs is 1. The van der Waals surface area contributed by atoms with Crippen LogP contribution in [0.4, 0.5) is 0 Å². The molecule has 0 aliphatic carbocycles. The molecule has 0 bridgehead atoms. The highest BCUT2D eigenvalue weighted by Crippen LogP contribution is 2.35. The third-order valence-corrected chi connectivity index (χ3v) is 6.66. The summed E-state index contributed by atoms with van der Waals surface area (Å²) >= 11 is 1.54. The monoisotopic (exact) mass is 339 g/mol. The molecule has 1 aromatic carbocycles. The quantitative estimate of drug-likeness (QED) is 0.859. The number of ether oxygens (including phenoxy) is 2. The maximum absolute atomic E-state index is 12.8. The molecule has 5 nitrogen and oxygen atoms in total. The van der Waals surface area contributed by atoms with Gasteiger partial charge in [0.2, 0.25) is 10.0 Å². The summed E-state index contributed by atoms with van der Waals surface area (Å²) in [7, 11) is -2.00. The van der Waals surface area contributed by atoms with Crippen LogP contribution in [0, 0.1) is 0 Å². The van der Waals surface area contributed by atoms with Gasteiger partial charge in [-0.15, -0.1) is 11.3 Å². The van der Waals surface area contributed by atoms with Crippen molar-refractivity contribution in [2.45, 2.75) is 17.9 Å². The number of rotatable bonds is 4. The van der Waals surface area contributed by atoms with Gasteiger partial charge in [-0.3, -0.25) is 0 Å². The van der Waals surface area contributed by atoms with Crippen LogP contribution in [0.15, 0.2) is 40.6 Å². The van der Waals surface area contributed by atoms with E-state index in [1.165, 1.54) is 10.4 Å². The molecule has 2 heterocycles. The van der Waals surface area contributed by atoms with Gasteiger partial charge < -0.3 is 9.47 Å². The molecule has 22 heavy (non-hydrogen) atoms. The second-order valence-electron chi connectivity index (χ2n) is 5.02. The Balaban J connectivity index is 1.92. The highest BCUT2D eigenvalue weighted by atomic mass is 32.2. The van der Waals surface area contributed by atoms with Crippen LogP contribution in [0.3, 0.4) is 0 Å². The van der Waals surface area contributed by atoms with E-state index in [1.54, 1.807) is 30.5 Å². The number of thiophene rings is 1. The average molecular weight is 339 g/mol. The lowest BCUT2D eigenvalue weighted by molar-refractivity contribution is 0.171. The lowest BCUT2D eigenvalue weighted by atomic mass is 10.3. The van der Waals surface area contributed by atoms with Crippen molar-refractivity contribution >= 4 is 21.4 Å². The Morgan fingerprint density at radius 1 is 1.18 bits per heavy atom. The van der Waals surface area contributed by atoms with Crippen LogP contribution in [0.5, 0.6) is 11.5 Å². The Morgan fingerprint density at radius 3 is 2.59 bits per heavy atom. The number of benzene rings is 1.